The minimum Gasteiger partial charge on any atom is -0.303 e. The van der Waals surface area contributed by atoms with Crippen LogP contribution in [-0.2, 0) is 10.0 Å². The van der Waals surface area contributed by atoms with Gasteiger partial charge in [0.05, 0.1) is 4.90 Å². The fourth-order valence-electron chi connectivity index (χ4n) is 3.22. The average Bonchev–Trinajstić information content (AvgIpc) is 3.33. The van der Waals surface area contributed by atoms with Gasteiger partial charge in [0.2, 0.25) is 10.0 Å². The summed E-state index contributed by atoms with van der Waals surface area (Å²) in [5.74, 6) is 0. The smallest absolute Gasteiger partial charge is 0.243 e. The van der Waals surface area contributed by atoms with Crippen molar-refractivity contribution in [2.24, 2.45) is 0 Å². The minimum absolute atomic E-state index is 0.172. The molecule has 1 aromatic carbocycles. The van der Waals surface area contributed by atoms with Crippen molar-refractivity contribution in [2.75, 3.05) is 19.6 Å². The molecule has 1 aromatic rings. The van der Waals surface area contributed by atoms with E-state index in [1.807, 2.05) is 10.4 Å². The zero-order valence-corrected chi connectivity index (χ0v) is 13.4. The van der Waals surface area contributed by atoms with E-state index in [0.717, 1.165) is 45.3 Å². The lowest BCUT2D eigenvalue weighted by atomic mass is 10.1. The van der Waals surface area contributed by atoms with Crippen molar-refractivity contribution in [3.05, 3.63) is 30.3 Å². The van der Waals surface area contributed by atoms with Crippen molar-refractivity contribution >= 4 is 10.0 Å². The van der Waals surface area contributed by atoms with Gasteiger partial charge in [-0.05, 0) is 57.5 Å². The molecular formula is C16H24N2O2S. The summed E-state index contributed by atoms with van der Waals surface area (Å²) in [6.45, 7) is 5.24. The van der Waals surface area contributed by atoms with Gasteiger partial charge in [-0.3, -0.25) is 0 Å². The van der Waals surface area contributed by atoms with Gasteiger partial charge >= 0.3 is 0 Å². The number of likely N-dealkylation sites (tertiary alicyclic amines) is 1. The molecule has 21 heavy (non-hydrogen) atoms. The monoisotopic (exact) mass is 308 g/mol. The van der Waals surface area contributed by atoms with Crippen LogP contribution in [0.4, 0.5) is 0 Å². The summed E-state index contributed by atoms with van der Waals surface area (Å²) in [5.41, 5.74) is 0. The van der Waals surface area contributed by atoms with Gasteiger partial charge in [-0.25, -0.2) is 8.42 Å². The molecule has 1 aliphatic carbocycles. The van der Waals surface area contributed by atoms with E-state index < -0.39 is 10.0 Å². The highest BCUT2D eigenvalue weighted by Crippen LogP contribution is 2.36. The first kappa shape index (κ1) is 15.0. The van der Waals surface area contributed by atoms with E-state index in [9.17, 15) is 8.42 Å². The molecule has 0 atom stereocenters. The third-order valence-corrected chi connectivity index (χ3v) is 6.61. The predicted molar refractivity (Wildman–Crippen MR) is 83.6 cm³/mol. The van der Waals surface area contributed by atoms with Crippen LogP contribution in [-0.4, -0.2) is 49.3 Å². The summed E-state index contributed by atoms with van der Waals surface area (Å²) in [7, 11) is -3.35. The molecule has 3 rings (SSSR count). The Labute approximate surface area is 127 Å². The largest absolute Gasteiger partial charge is 0.303 e. The lowest BCUT2D eigenvalue weighted by molar-refractivity contribution is 0.161. The Hall–Kier alpha value is -0.910. The highest BCUT2D eigenvalue weighted by molar-refractivity contribution is 7.89. The van der Waals surface area contributed by atoms with Crippen LogP contribution in [0.25, 0.3) is 0 Å². The average molecular weight is 308 g/mol. The van der Waals surface area contributed by atoms with Crippen molar-refractivity contribution in [3.63, 3.8) is 0 Å². The zero-order valence-electron chi connectivity index (χ0n) is 12.6. The molecule has 0 radical (unpaired) electrons. The van der Waals surface area contributed by atoms with Crippen molar-refractivity contribution in [1.82, 2.24) is 9.21 Å². The minimum atomic E-state index is -3.35. The quantitative estimate of drug-likeness (QED) is 0.838. The van der Waals surface area contributed by atoms with Crippen molar-refractivity contribution in [1.29, 1.82) is 0 Å². The lowest BCUT2D eigenvalue weighted by Gasteiger charge is -2.37. The molecule has 0 amide bonds. The zero-order chi connectivity index (χ0) is 14.9. The molecule has 2 fully saturated rings. The topological polar surface area (TPSA) is 40.6 Å². The van der Waals surface area contributed by atoms with Gasteiger partial charge in [0.25, 0.3) is 0 Å². The first-order valence-electron chi connectivity index (χ1n) is 7.94. The molecule has 1 heterocycles. The van der Waals surface area contributed by atoms with E-state index in [1.54, 1.807) is 24.3 Å². The molecule has 0 aromatic heterocycles. The number of benzene rings is 1. The lowest BCUT2D eigenvalue weighted by Crippen LogP contribution is -2.48. The fraction of sp³-hybridized carbons (Fsp3) is 0.625. The second-order valence-electron chi connectivity index (χ2n) is 6.04. The van der Waals surface area contributed by atoms with Crippen LogP contribution < -0.4 is 0 Å². The molecule has 1 saturated carbocycles. The van der Waals surface area contributed by atoms with E-state index in [0.29, 0.717) is 4.90 Å². The highest BCUT2D eigenvalue weighted by Gasteiger charge is 2.43. The van der Waals surface area contributed by atoms with Gasteiger partial charge in [-0.2, -0.15) is 4.31 Å². The fourth-order valence-corrected chi connectivity index (χ4v) is 5.18. The SMILES string of the molecule is CCN1CCC(N(C2CC2)S(=O)(=O)c2ccccc2)CC1. The van der Waals surface area contributed by atoms with Gasteiger partial charge in [0.15, 0.2) is 0 Å². The van der Waals surface area contributed by atoms with Gasteiger partial charge in [0, 0.05) is 12.1 Å². The summed E-state index contributed by atoms with van der Waals surface area (Å²) in [4.78, 5) is 2.84. The third kappa shape index (κ3) is 3.15. The van der Waals surface area contributed by atoms with Gasteiger partial charge in [0.1, 0.15) is 0 Å². The molecule has 0 spiro atoms. The summed E-state index contributed by atoms with van der Waals surface area (Å²) < 4.78 is 27.8. The summed E-state index contributed by atoms with van der Waals surface area (Å²) in [6.07, 6.45) is 3.94. The van der Waals surface area contributed by atoms with Gasteiger partial charge < -0.3 is 4.90 Å². The first-order valence-corrected chi connectivity index (χ1v) is 9.38. The maximum absolute atomic E-state index is 13.0. The summed E-state index contributed by atoms with van der Waals surface area (Å²) in [5, 5.41) is 0. The standard InChI is InChI=1S/C16H24N2O2S/c1-2-17-12-10-15(11-13-17)18(14-8-9-14)21(19,20)16-6-4-3-5-7-16/h3-7,14-15H,2,8-13H2,1H3. The molecule has 1 aliphatic heterocycles. The molecular weight excluding hydrogens is 284 g/mol. The molecule has 4 nitrogen and oxygen atoms in total. The Morgan fingerprint density at radius 2 is 1.62 bits per heavy atom. The Bertz CT molecular complexity index is 561. The second-order valence-corrected chi connectivity index (χ2v) is 7.89. The van der Waals surface area contributed by atoms with Gasteiger partial charge in [-0.15, -0.1) is 0 Å². The molecule has 0 N–H and O–H groups in total. The van der Waals surface area contributed by atoms with Crippen molar-refractivity contribution in [2.45, 2.75) is 49.6 Å². The van der Waals surface area contributed by atoms with Crippen LogP contribution in [0, 0.1) is 0 Å². The molecule has 1 saturated heterocycles. The van der Waals surface area contributed by atoms with E-state index in [2.05, 4.69) is 11.8 Å². The maximum atomic E-state index is 13.0. The Morgan fingerprint density at radius 3 is 2.14 bits per heavy atom. The summed E-state index contributed by atoms with van der Waals surface area (Å²) >= 11 is 0. The van der Waals surface area contributed by atoms with Crippen molar-refractivity contribution < 1.29 is 8.42 Å². The number of hydrogen-bond donors (Lipinski definition) is 0. The third-order valence-electron chi connectivity index (χ3n) is 4.59. The van der Waals surface area contributed by atoms with Crippen LogP contribution in [0.5, 0.6) is 0 Å². The van der Waals surface area contributed by atoms with Crippen LogP contribution in [0.2, 0.25) is 0 Å². The maximum Gasteiger partial charge on any atom is 0.243 e. The predicted octanol–water partition coefficient (Wildman–Crippen LogP) is 2.32. The van der Waals surface area contributed by atoms with E-state index >= 15 is 0 Å². The summed E-state index contributed by atoms with van der Waals surface area (Å²) in [6, 6.07) is 9.30. The van der Waals surface area contributed by atoms with Crippen LogP contribution in [0.15, 0.2) is 35.2 Å². The van der Waals surface area contributed by atoms with E-state index in [1.165, 1.54) is 0 Å². The number of sulfonamides is 1. The molecule has 116 valence electrons. The number of nitrogens with zero attached hydrogens (tertiary/aromatic N) is 2. The van der Waals surface area contributed by atoms with E-state index in [-0.39, 0.29) is 12.1 Å². The second kappa shape index (κ2) is 6.07. The highest BCUT2D eigenvalue weighted by atomic mass is 32.2. The van der Waals surface area contributed by atoms with Crippen LogP contribution in [0.3, 0.4) is 0 Å². The van der Waals surface area contributed by atoms with Crippen molar-refractivity contribution in [3.8, 4) is 0 Å². The van der Waals surface area contributed by atoms with E-state index in [4.69, 9.17) is 0 Å². The van der Waals surface area contributed by atoms with Gasteiger partial charge in [-0.1, -0.05) is 25.1 Å². The molecule has 0 bridgehead atoms. The Morgan fingerprint density at radius 1 is 1.05 bits per heavy atom. The van der Waals surface area contributed by atoms with Crippen LogP contribution in [0.1, 0.15) is 32.6 Å². The Kier molecular flexibility index (Phi) is 4.33. The normalized spacial score (nSPS) is 21.8. The number of hydrogen-bond acceptors (Lipinski definition) is 3. The number of rotatable bonds is 5. The Balaban J connectivity index is 1.82. The molecule has 2 aliphatic rings. The van der Waals surface area contributed by atoms with Crippen LogP contribution >= 0.6 is 0 Å². The number of piperidine rings is 1. The first-order chi connectivity index (χ1) is 10.1. The molecule has 5 heteroatoms. The molecule has 0 unspecified atom stereocenters.